The molecule has 1 saturated heterocycles. The van der Waals surface area contributed by atoms with Crippen LogP contribution in [0.3, 0.4) is 0 Å². The molecule has 2 aromatic rings. The zero-order chi connectivity index (χ0) is 19.1. The lowest BCUT2D eigenvalue weighted by atomic mass is 9.84. The molecule has 142 valence electrons. The van der Waals surface area contributed by atoms with Gasteiger partial charge >= 0.3 is 5.97 Å². The van der Waals surface area contributed by atoms with E-state index < -0.39 is 16.9 Å². The van der Waals surface area contributed by atoms with Crippen molar-refractivity contribution in [3.63, 3.8) is 0 Å². The highest BCUT2D eigenvalue weighted by Crippen LogP contribution is 2.41. The van der Waals surface area contributed by atoms with Gasteiger partial charge in [-0.1, -0.05) is 25.0 Å². The average molecular weight is 371 g/mol. The minimum absolute atomic E-state index is 0.0109. The SMILES string of the molecule is COC(=O)C1CC2CCCCC2N1C(=O)c1cc2cccc([N+](=O)[O-])c2[nH]1. The number of fused-ring (bicyclic) bond motifs is 2. The quantitative estimate of drug-likeness (QED) is 0.507. The maximum absolute atomic E-state index is 13.3. The Kier molecular flexibility index (Phi) is 4.33. The van der Waals surface area contributed by atoms with Crippen molar-refractivity contribution >= 4 is 28.5 Å². The first-order valence-corrected chi connectivity index (χ1v) is 9.18. The van der Waals surface area contributed by atoms with Crippen LogP contribution in [0.5, 0.6) is 0 Å². The summed E-state index contributed by atoms with van der Waals surface area (Å²) in [6, 6.07) is 5.74. The number of hydrogen-bond donors (Lipinski definition) is 1. The van der Waals surface area contributed by atoms with Crippen molar-refractivity contribution in [1.29, 1.82) is 0 Å². The number of aromatic amines is 1. The number of likely N-dealkylation sites (tertiary alicyclic amines) is 1. The van der Waals surface area contributed by atoms with Gasteiger partial charge in [0.05, 0.1) is 12.0 Å². The number of carbonyl (C=O) groups excluding carboxylic acids is 2. The summed E-state index contributed by atoms with van der Waals surface area (Å²) in [5.74, 6) is -0.407. The molecule has 3 atom stereocenters. The molecule has 1 aliphatic heterocycles. The highest BCUT2D eigenvalue weighted by molar-refractivity contribution is 6.01. The molecule has 3 unspecified atom stereocenters. The van der Waals surface area contributed by atoms with Crippen LogP contribution in [0.25, 0.3) is 10.9 Å². The van der Waals surface area contributed by atoms with Crippen molar-refractivity contribution in [3.05, 3.63) is 40.1 Å². The highest BCUT2D eigenvalue weighted by Gasteiger charge is 2.48. The second kappa shape index (κ2) is 6.68. The number of nitrogens with one attached hydrogen (secondary N) is 1. The summed E-state index contributed by atoms with van der Waals surface area (Å²) in [5.41, 5.74) is 0.507. The fraction of sp³-hybridized carbons (Fsp3) is 0.474. The Hall–Kier alpha value is -2.90. The number of carbonyl (C=O) groups is 2. The van der Waals surface area contributed by atoms with E-state index in [1.54, 1.807) is 23.1 Å². The number of methoxy groups -OCH3 is 1. The number of benzene rings is 1. The van der Waals surface area contributed by atoms with Gasteiger partial charge in [0, 0.05) is 17.5 Å². The second-order valence-corrected chi connectivity index (χ2v) is 7.28. The molecule has 1 aromatic heterocycles. The monoisotopic (exact) mass is 371 g/mol. The lowest BCUT2D eigenvalue weighted by Crippen LogP contribution is -2.46. The number of non-ortho nitro benzene ring substituents is 1. The maximum atomic E-state index is 13.3. The molecular weight excluding hydrogens is 350 g/mol. The van der Waals surface area contributed by atoms with E-state index in [2.05, 4.69) is 4.98 Å². The van der Waals surface area contributed by atoms with Crippen LogP contribution in [0.4, 0.5) is 5.69 Å². The molecule has 1 aromatic carbocycles. The third-order valence-corrected chi connectivity index (χ3v) is 5.86. The van der Waals surface area contributed by atoms with Crippen molar-refractivity contribution in [1.82, 2.24) is 9.88 Å². The number of nitrogens with zero attached hydrogens (tertiary/aromatic N) is 2. The van der Waals surface area contributed by atoms with Crippen molar-refractivity contribution in [2.24, 2.45) is 5.92 Å². The highest BCUT2D eigenvalue weighted by atomic mass is 16.6. The third-order valence-electron chi connectivity index (χ3n) is 5.86. The maximum Gasteiger partial charge on any atom is 0.328 e. The van der Waals surface area contributed by atoms with Crippen molar-refractivity contribution in [3.8, 4) is 0 Å². The van der Waals surface area contributed by atoms with E-state index in [9.17, 15) is 19.7 Å². The number of H-pyrrole nitrogens is 1. The first kappa shape index (κ1) is 17.5. The van der Waals surface area contributed by atoms with Crippen LogP contribution in [0.15, 0.2) is 24.3 Å². The molecule has 27 heavy (non-hydrogen) atoms. The largest absolute Gasteiger partial charge is 0.467 e. The molecule has 1 aliphatic carbocycles. The first-order chi connectivity index (χ1) is 13.0. The summed E-state index contributed by atoms with van der Waals surface area (Å²) in [6.45, 7) is 0. The molecule has 1 saturated carbocycles. The van der Waals surface area contributed by atoms with E-state index in [1.807, 2.05) is 0 Å². The molecule has 2 aliphatic rings. The number of hydrogen-bond acceptors (Lipinski definition) is 5. The van der Waals surface area contributed by atoms with Gasteiger partial charge in [0.15, 0.2) is 0 Å². The molecule has 0 radical (unpaired) electrons. The van der Waals surface area contributed by atoms with Crippen molar-refractivity contribution < 1.29 is 19.2 Å². The Morgan fingerprint density at radius 3 is 2.81 bits per heavy atom. The van der Waals surface area contributed by atoms with Crippen LogP contribution in [0.1, 0.15) is 42.6 Å². The molecule has 2 heterocycles. The topological polar surface area (TPSA) is 106 Å². The van der Waals surface area contributed by atoms with E-state index >= 15 is 0 Å². The van der Waals surface area contributed by atoms with Gasteiger partial charge in [0.25, 0.3) is 11.6 Å². The van der Waals surface area contributed by atoms with Gasteiger partial charge in [-0.2, -0.15) is 0 Å². The average Bonchev–Trinajstić information content (AvgIpc) is 3.28. The first-order valence-electron chi connectivity index (χ1n) is 9.18. The summed E-state index contributed by atoms with van der Waals surface area (Å²) in [6.07, 6.45) is 4.61. The zero-order valence-corrected chi connectivity index (χ0v) is 15.0. The van der Waals surface area contributed by atoms with Gasteiger partial charge in [0.1, 0.15) is 17.3 Å². The van der Waals surface area contributed by atoms with Crippen molar-refractivity contribution in [2.45, 2.75) is 44.2 Å². The lowest BCUT2D eigenvalue weighted by Gasteiger charge is -2.33. The van der Waals surface area contributed by atoms with Gasteiger partial charge < -0.3 is 14.6 Å². The van der Waals surface area contributed by atoms with Gasteiger partial charge in [-0.15, -0.1) is 0 Å². The predicted octanol–water partition coefficient (Wildman–Crippen LogP) is 3.02. The summed E-state index contributed by atoms with van der Waals surface area (Å²) in [5, 5.41) is 11.8. The summed E-state index contributed by atoms with van der Waals surface area (Å²) in [4.78, 5) is 40.9. The van der Waals surface area contributed by atoms with E-state index in [-0.39, 0.29) is 23.3 Å². The molecular formula is C19H21N3O5. The Balaban J connectivity index is 1.73. The normalized spacial score (nSPS) is 24.6. The Morgan fingerprint density at radius 2 is 2.07 bits per heavy atom. The molecule has 1 N–H and O–H groups in total. The van der Waals surface area contributed by atoms with Crippen LogP contribution in [0, 0.1) is 16.0 Å². The standard InChI is InChI=1S/C19H21N3O5/c1-27-19(24)16-10-11-5-2-3-7-14(11)21(16)18(23)13-9-12-6-4-8-15(22(25)26)17(12)20-13/h4,6,8-9,11,14,16,20H,2-3,5,7,10H2,1H3. The molecule has 2 fully saturated rings. The van der Waals surface area contributed by atoms with Gasteiger partial charge in [-0.25, -0.2) is 4.79 Å². The fourth-order valence-electron chi connectivity index (χ4n) is 4.65. The predicted molar refractivity (Wildman–Crippen MR) is 97.3 cm³/mol. The summed E-state index contributed by atoms with van der Waals surface area (Å²) >= 11 is 0. The molecule has 8 heteroatoms. The Bertz CT molecular complexity index is 921. The van der Waals surface area contributed by atoms with Crippen molar-refractivity contribution in [2.75, 3.05) is 7.11 Å². The van der Waals surface area contributed by atoms with E-state index in [4.69, 9.17) is 4.74 Å². The van der Waals surface area contributed by atoms with Crippen LogP contribution < -0.4 is 0 Å². The number of rotatable bonds is 3. The number of nitro groups is 1. The minimum Gasteiger partial charge on any atom is -0.467 e. The lowest BCUT2D eigenvalue weighted by molar-refractivity contribution is -0.383. The van der Waals surface area contributed by atoms with Crippen LogP contribution in [-0.2, 0) is 9.53 Å². The second-order valence-electron chi connectivity index (χ2n) is 7.28. The Morgan fingerprint density at radius 1 is 1.30 bits per heavy atom. The van der Waals surface area contributed by atoms with Gasteiger partial charge in [-0.05, 0) is 31.2 Å². The number of nitro benzene ring substituents is 1. The van der Waals surface area contributed by atoms with Gasteiger partial charge in [-0.3, -0.25) is 14.9 Å². The molecule has 4 rings (SSSR count). The van der Waals surface area contributed by atoms with E-state index in [0.29, 0.717) is 23.2 Å². The summed E-state index contributed by atoms with van der Waals surface area (Å²) in [7, 11) is 1.33. The number of ether oxygens (including phenoxy) is 1. The minimum atomic E-state index is -0.600. The number of aromatic nitrogens is 1. The van der Waals surface area contributed by atoms with Crippen LogP contribution in [-0.4, -0.2) is 45.9 Å². The molecule has 0 spiro atoms. The molecule has 0 bridgehead atoms. The number of esters is 1. The van der Waals surface area contributed by atoms with E-state index in [0.717, 1.165) is 25.7 Å². The van der Waals surface area contributed by atoms with Crippen LogP contribution in [0.2, 0.25) is 0 Å². The summed E-state index contributed by atoms with van der Waals surface area (Å²) < 4.78 is 4.93. The van der Waals surface area contributed by atoms with Gasteiger partial charge in [0.2, 0.25) is 0 Å². The smallest absolute Gasteiger partial charge is 0.328 e. The Labute approximate surface area is 155 Å². The molecule has 8 nitrogen and oxygen atoms in total. The zero-order valence-electron chi connectivity index (χ0n) is 15.0. The van der Waals surface area contributed by atoms with E-state index in [1.165, 1.54) is 13.2 Å². The number of amides is 1. The fourth-order valence-corrected chi connectivity index (χ4v) is 4.65. The van der Waals surface area contributed by atoms with Crippen LogP contribution >= 0.6 is 0 Å². The molecule has 1 amide bonds. The third kappa shape index (κ3) is 2.85. The number of para-hydroxylation sites is 1.